The number of aromatic nitrogens is 1. The Kier molecular flexibility index (Phi) is 3.64. The molecule has 0 bridgehead atoms. The van der Waals surface area contributed by atoms with E-state index in [1.807, 2.05) is 0 Å². The minimum Gasteiger partial charge on any atom is -0.461 e. The maximum atomic E-state index is 13.1. The molecule has 0 radical (unpaired) electrons. The second kappa shape index (κ2) is 4.76. The van der Waals surface area contributed by atoms with Crippen molar-refractivity contribution in [3.05, 3.63) is 23.8 Å². The van der Waals surface area contributed by atoms with Gasteiger partial charge in [-0.05, 0) is 13.0 Å². The van der Waals surface area contributed by atoms with E-state index in [9.17, 15) is 9.18 Å². The number of ether oxygens (including phenoxy) is 1. The van der Waals surface area contributed by atoms with Crippen molar-refractivity contribution in [2.45, 2.75) is 13.5 Å². The number of halogens is 1. The van der Waals surface area contributed by atoms with Gasteiger partial charge < -0.3 is 15.0 Å². The lowest BCUT2D eigenvalue weighted by atomic mass is 10.4. The molecule has 0 unspecified atom stereocenters. The van der Waals surface area contributed by atoms with Crippen molar-refractivity contribution in [1.82, 2.24) is 4.57 Å². The van der Waals surface area contributed by atoms with Gasteiger partial charge in [-0.2, -0.15) is 0 Å². The molecule has 0 aromatic carbocycles. The zero-order chi connectivity index (χ0) is 10.6. The highest BCUT2D eigenvalue weighted by atomic mass is 19.1. The second-order valence-electron chi connectivity index (χ2n) is 2.71. The molecule has 0 saturated carbocycles. The maximum Gasteiger partial charge on any atom is 0.358 e. The summed E-state index contributed by atoms with van der Waals surface area (Å²) in [7, 11) is 0. The molecule has 0 aliphatic rings. The number of hydrogen-bond donors (Lipinski definition) is 1. The Hall–Kier alpha value is -1.36. The Morgan fingerprint density at radius 3 is 3.00 bits per heavy atom. The van der Waals surface area contributed by atoms with Crippen LogP contribution < -0.4 is 5.73 Å². The summed E-state index contributed by atoms with van der Waals surface area (Å²) in [6, 6.07) is 1.22. The van der Waals surface area contributed by atoms with Crippen LogP contribution in [0.4, 0.5) is 4.39 Å². The van der Waals surface area contributed by atoms with Crippen molar-refractivity contribution in [2.24, 2.45) is 5.73 Å². The van der Waals surface area contributed by atoms with E-state index in [0.717, 1.165) is 0 Å². The van der Waals surface area contributed by atoms with Gasteiger partial charge in [-0.3, -0.25) is 0 Å². The van der Waals surface area contributed by atoms with Crippen LogP contribution in [0.1, 0.15) is 17.4 Å². The minimum atomic E-state index is -0.650. The van der Waals surface area contributed by atoms with Crippen LogP contribution in [0.2, 0.25) is 0 Å². The Balaban J connectivity index is 2.92. The summed E-state index contributed by atoms with van der Waals surface area (Å²) in [6.07, 6.45) is 1.48. The highest BCUT2D eigenvalue weighted by Gasteiger charge is 2.17. The number of carbonyl (C=O) groups is 1. The first-order valence-corrected chi connectivity index (χ1v) is 4.42. The number of nitrogens with two attached hydrogens (primary N) is 1. The van der Waals surface area contributed by atoms with E-state index in [4.69, 9.17) is 10.5 Å². The molecule has 0 saturated heterocycles. The summed E-state index contributed by atoms with van der Waals surface area (Å²) in [6.45, 7) is 2.65. The summed E-state index contributed by atoms with van der Waals surface area (Å²) >= 11 is 0. The predicted octanol–water partition coefficient (Wildman–Crippen LogP) is 0.763. The van der Waals surface area contributed by atoms with E-state index in [1.54, 1.807) is 6.92 Å². The Labute approximate surface area is 81.5 Å². The molecule has 5 heteroatoms. The molecule has 0 aliphatic carbocycles. The molecule has 1 aromatic rings. The van der Waals surface area contributed by atoms with E-state index in [2.05, 4.69) is 0 Å². The van der Waals surface area contributed by atoms with E-state index >= 15 is 0 Å². The highest BCUT2D eigenvalue weighted by Crippen LogP contribution is 2.10. The minimum absolute atomic E-state index is 0.0581. The first-order chi connectivity index (χ1) is 6.70. The Morgan fingerprint density at radius 2 is 2.43 bits per heavy atom. The van der Waals surface area contributed by atoms with Crippen molar-refractivity contribution < 1.29 is 13.9 Å². The Bertz CT molecular complexity index is 323. The molecule has 0 aliphatic heterocycles. The monoisotopic (exact) mass is 200 g/mol. The van der Waals surface area contributed by atoms with Gasteiger partial charge in [0.1, 0.15) is 0 Å². The first kappa shape index (κ1) is 10.7. The fourth-order valence-corrected chi connectivity index (χ4v) is 1.19. The predicted molar refractivity (Wildman–Crippen MR) is 49.4 cm³/mol. The van der Waals surface area contributed by atoms with Crippen molar-refractivity contribution in [2.75, 3.05) is 13.2 Å². The molecule has 1 rings (SSSR count). The van der Waals surface area contributed by atoms with Gasteiger partial charge in [0.25, 0.3) is 0 Å². The molecule has 78 valence electrons. The third kappa shape index (κ3) is 2.11. The number of nitrogens with zero attached hydrogens (tertiary/aromatic N) is 1. The standard InChI is InChI=1S/C9H13FN2O2/c1-2-14-9(13)8-7(10)3-5-12(8)6-4-11/h3,5H,2,4,6,11H2,1H3. The quantitative estimate of drug-likeness (QED) is 0.730. The number of hydrogen-bond acceptors (Lipinski definition) is 3. The van der Waals surface area contributed by atoms with Crippen LogP contribution >= 0.6 is 0 Å². The number of rotatable bonds is 4. The summed E-state index contributed by atoms with van der Waals surface area (Å²) in [4.78, 5) is 11.3. The smallest absolute Gasteiger partial charge is 0.358 e. The van der Waals surface area contributed by atoms with Crippen molar-refractivity contribution >= 4 is 5.97 Å². The van der Waals surface area contributed by atoms with E-state index in [0.29, 0.717) is 13.1 Å². The first-order valence-electron chi connectivity index (χ1n) is 4.42. The van der Waals surface area contributed by atoms with E-state index in [-0.39, 0.29) is 12.3 Å². The molecule has 0 fully saturated rings. The molecular formula is C9H13FN2O2. The van der Waals surface area contributed by atoms with E-state index in [1.165, 1.54) is 16.8 Å². The molecular weight excluding hydrogens is 187 g/mol. The molecule has 4 nitrogen and oxygen atoms in total. The number of carbonyl (C=O) groups excluding carboxylic acids is 1. The molecule has 0 amide bonds. The van der Waals surface area contributed by atoms with Gasteiger partial charge in [0.15, 0.2) is 11.5 Å². The van der Waals surface area contributed by atoms with Crippen molar-refractivity contribution in [3.63, 3.8) is 0 Å². The van der Waals surface area contributed by atoms with Crippen LogP contribution in [0.5, 0.6) is 0 Å². The van der Waals surface area contributed by atoms with Crippen LogP contribution in [0.3, 0.4) is 0 Å². The molecule has 2 N–H and O–H groups in total. The lowest BCUT2D eigenvalue weighted by Crippen LogP contribution is -2.17. The van der Waals surface area contributed by atoms with Gasteiger partial charge in [-0.25, -0.2) is 9.18 Å². The van der Waals surface area contributed by atoms with Gasteiger partial charge >= 0.3 is 5.97 Å². The lowest BCUT2D eigenvalue weighted by molar-refractivity contribution is 0.0508. The molecule has 1 heterocycles. The summed E-state index contributed by atoms with van der Waals surface area (Å²) in [5.74, 6) is -1.22. The van der Waals surface area contributed by atoms with Crippen LogP contribution in [-0.4, -0.2) is 23.7 Å². The third-order valence-electron chi connectivity index (χ3n) is 1.75. The van der Waals surface area contributed by atoms with E-state index < -0.39 is 11.8 Å². The topological polar surface area (TPSA) is 57.2 Å². The highest BCUT2D eigenvalue weighted by molar-refractivity contribution is 5.88. The van der Waals surface area contributed by atoms with Gasteiger partial charge in [-0.1, -0.05) is 0 Å². The van der Waals surface area contributed by atoms with Gasteiger partial charge in [0, 0.05) is 19.3 Å². The average Bonchev–Trinajstić information content (AvgIpc) is 2.48. The molecule has 14 heavy (non-hydrogen) atoms. The van der Waals surface area contributed by atoms with Crippen LogP contribution in [0.15, 0.2) is 12.3 Å². The normalized spacial score (nSPS) is 10.2. The lowest BCUT2D eigenvalue weighted by Gasteiger charge is -2.06. The SMILES string of the molecule is CCOC(=O)c1c(F)ccn1CCN. The Morgan fingerprint density at radius 1 is 1.71 bits per heavy atom. The van der Waals surface area contributed by atoms with Crippen molar-refractivity contribution in [3.8, 4) is 0 Å². The zero-order valence-electron chi connectivity index (χ0n) is 8.00. The van der Waals surface area contributed by atoms with Gasteiger partial charge in [-0.15, -0.1) is 0 Å². The van der Waals surface area contributed by atoms with Gasteiger partial charge in [0.05, 0.1) is 6.61 Å². The fraction of sp³-hybridized carbons (Fsp3) is 0.444. The molecule has 0 atom stereocenters. The molecule has 0 spiro atoms. The van der Waals surface area contributed by atoms with Crippen LogP contribution in [-0.2, 0) is 11.3 Å². The van der Waals surface area contributed by atoms with Gasteiger partial charge in [0.2, 0.25) is 0 Å². The summed E-state index contributed by atoms with van der Waals surface area (Å²) < 4.78 is 19.3. The third-order valence-corrected chi connectivity index (χ3v) is 1.75. The summed E-state index contributed by atoms with van der Waals surface area (Å²) in [5, 5.41) is 0. The maximum absolute atomic E-state index is 13.1. The average molecular weight is 200 g/mol. The zero-order valence-corrected chi connectivity index (χ0v) is 8.00. The summed E-state index contributed by atoms with van der Waals surface area (Å²) in [5.41, 5.74) is 5.26. The second-order valence-corrected chi connectivity index (χ2v) is 2.71. The largest absolute Gasteiger partial charge is 0.461 e. The van der Waals surface area contributed by atoms with Crippen molar-refractivity contribution in [1.29, 1.82) is 0 Å². The number of esters is 1. The fourth-order valence-electron chi connectivity index (χ4n) is 1.19. The van der Waals surface area contributed by atoms with Crippen LogP contribution in [0.25, 0.3) is 0 Å². The van der Waals surface area contributed by atoms with Crippen LogP contribution in [0, 0.1) is 5.82 Å². The molecule has 1 aromatic heterocycles.